The Labute approximate surface area is 196 Å². The summed E-state index contributed by atoms with van der Waals surface area (Å²) in [6.07, 6.45) is 0. The largest absolute Gasteiger partial charge is 0.493 e. The van der Waals surface area contributed by atoms with Crippen molar-refractivity contribution in [1.29, 1.82) is 0 Å². The number of urea groups is 1. The van der Waals surface area contributed by atoms with Gasteiger partial charge in [-0.3, -0.25) is 0 Å². The van der Waals surface area contributed by atoms with Crippen molar-refractivity contribution < 1.29 is 9.53 Å². The van der Waals surface area contributed by atoms with Gasteiger partial charge in [0.2, 0.25) is 0 Å². The van der Waals surface area contributed by atoms with Crippen LogP contribution in [0.4, 0.5) is 16.2 Å². The average Bonchev–Trinajstić information content (AvgIpc) is 2.78. The van der Waals surface area contributed by atoms with E-state index in [-0.39, 0.29) is 6.03 Å². The van der Waals surface area contributed by atoms with E-state index in [1.54, 1.807) is 24.3 Å². The number of nitrogens with zero attached hydrogens (tertiary/aromatic N) is 1. The topological polar surface area (TPSA) is 63.2 Å². The van der Waals surface area contributed by atoms with Crippen molar-refractivity contribution in [2.24, 2.45) is 0 Å². The van der Waals surface area contributed by atoms with Crippen LogP contribution in [0.5, 0.6) is 5.75 Å². The lowest BCUT2D eigenvalue weighted by atomic mass is 10.1. The molecule has 4 aromatic rings. The number of carbonyl (C=O) groups is 1. The van der Waals surface area contributed by atoms with Crippen LogP contribution in [0.1, 0.15) is 12.5 Å². The van der Waals surface area contributed by atoms with E-state index in [2.05, 4.69) is 10.6 Å². The van der Waals surface area contributed by atoms with Crippen LogP contribution in [-0.4, -0.2) is 17.6 Å². The Morgan fingerprint density at radius 3 is 2.53 bits per heavy atom. The molecular weight excluding hydrogens is 445 g/mol. The van der Waals surface area contributed by atoms with Crippen LogP contribution in [0.2, 0.25) is 10.0 Å². The fourth-order valence-electron chi connectivity index (χ4n) is 3.34. The minimum Gasteiger partial charge on any atom is -0.493 e. The zero-order valence-electron chi connectivity index (χ0n) is 17.6. The van der Waals surface area contributed by atoms with Gasteiger partial charge in [-0.2, -0.15) is 0 Å². The Kier molecular flexibility index (Phi) is 6.49. The van der Waals surface area contributed by atoms with Crippen LogP contribution in [0.25, 0.3) is 22.2 Å². The van der Waals surface area contributed by atoms with E-state index in [0.29, 0.717) is 33.8 Å². The van der Waals surface area contributed by atoms with Gasteiger partial charge in [-0.1, -0.05) is 41.4 Å². The van der Waals surface area contributed by atoms with E-state index in [1.165, 1.54) is 0 Å². The van der Waals surface area contributed by atoms with E-state index >= 15 is 0 Å². The van der Waals surface area contributed by atoms with Crippen molar-refractivity contribution in [1.82, 2.24) is 4.98 Å². The lowest BCUT2D eigenvalue weighted by molar-refractivity contribution is 0.262. The molecule has 0 saturated heterocycles. The molecule has 1 heterocycles. The number of benzene rings is 3. The molecule has 4 rings (SSSR count). The van der Waals surface area contributed by atoms with Gasteiger partial charge in [0.1, 0.15) is 5.75 Å². The quantitative estimate of drug-likeness (QED) is 0.319. The van der Waals surface area contributed by atoms with Gasteiger partial charge >= 0.3 is 6.03 Å². The van der Waals surface area contributed by atoms with Crippen LogP contribution >= 0.6 is 23.2 Å². The lowest BCUT2D eigenvalue weighted by Crippen LogP contribution is -2.20. The zero-order chi connectivity index (χ0) is 22.7. The second-order valence-electron chi connectivity index (χ2n) is 7.17. The third-order valence-electron chi connectivity index (χ3n) is 4.98. The number of aromatic nitrogens is 1. The maximum absolute atomic E-state index is 12.5. The first-order valence-electron chi connectivity index (χ1n) is 10.1. The van der Waals surface area contributed by atoms with Gasteiger partial charge in [0, 0.05) is 38.4 Å². The first kappa shape index (κ1) is 21.9. The number of pyridine rings is 1. The van der Waals surface area contributed by atoms with Crippen LogP contribution in [0.3, 0.4) is 0 Å². The summed E-state index contributed by atoms with van der Waals surface area (Å²) >= 11 is 12.1. The van der Waals surface area contributed by atoms with Crippen molar-refractivity contribution in [3.63, 3.8) is 0 Å². The molecule has 0 unspecified atom stereocenters. The van der Waals surface area contributed by atoms with Gasteiger partial charge in [0.25, 0.3) is 0 Å². The van der Waals surface area contributed by atoms with E-state index < -0.39 is 0 Å². The maximum atomic E-state index is 12.5. The normalized spacial score (nSPS) is 10.8. The highest BCUT2D eigenvalue weighted by Crippen LogP contribution is 2.32. The number of amides is 2. The average molecular weight is 466 g/mol. The van der Waals surface area contributed by atoms with Crippen LogP contribution in [-0.2, 0) is 0 Å². The number of nitrogens with one attached hydrogen (secondary N) is 2. The molecular formula is C25H21Cl2N3O2. The van der Waals surface area contributed by atoms with Crippen molar-refractivity contribution in [3.8, 4) is 17.0 Å². The third-order valence-corrected chi connectivity index (χ3v) is 5.65. The first-order chi connectivity index (χ1) is 15.4. The smallest absolute Gasteiger partial charge is 0.323 e. The SMILES string of the molecule is CCOc1cc(-c2ccc(Cl)cc2)nc2ccc(NC(=O)Nc3cccc(Cl)c3C)cc12. The Balaban J connectivity index is 1.63. The van der Waals surface area contributed by atoms with Gasteiger partial charge in [-0.25, -0.2) is 9.78 Å². The molecule has 2 amide bonds. The molecule has 3 aromatic carbocycles. The van der Waals surface area contributed by atoms with Gasteiger partial charge in [-0.15, -0.1) is 0 Å². The molecule has 1 aromatic heterocycles. The Hall–Kier alpha value is -3.28. The van der Waals surface area contributed by atoms with Crippen LogP contribution < -0.4 is 15.4 Å². The number of anilines is 2. The summed E-state index contributed by atoms with van der Waals surface area (Å²) in [6.45, 7) is 4.29. The number of carbonyl (C=O) groups excluding carboxylic acids is 1. The summed E-state index contributed by atoms with van der Waals surface area (Å²) in [4.78, 5) is 17.3. The maximum Gasteiger partial charge on any atom is 0.323 e. The number of hydrogen-bond acceptors (Lipinski definition) is 3. The first-order valence-corrected chi connectivity index (χ1v) is 10.9. The fourth-order valence-corrected chi connectivity index (χ4v) is 3.64. The lowest BCUT2D eigenvalue weighted by Gasteiger charge is -2.13. The molecule has 162 valence electrons. The Morgan fingerprint density at radius 1 is 1.00 bits per heavy atom. The highest BCUT2D eigenvalue weighted by atomic mass is 35.5. The van der Waals surface area contributed by atoms with Gasteiger partial charge < -0.3 is 15.4 Å². The van der Waals surface area contributed by atoms with Crippen LogP contribution in [0, 0.1) is 6.92 Å². The minimum absolute atomic E-state index is 0.363. The molecule has 0 radical (unpaired) electrons. The fraction of sp³-hybridized carbons (Fsp3) is 0.120. The van der Waals surface area contributed by atoms with Gasteiger partial charge in [-0.05, 0) is 61.9 Å². The second kappa shape index (κ2) is 9.47. The predicted octanol–water partition coefficient (Wildman–Crippen LogP) is 7.56. The molecule has 0 aliphatic rings. The molecule has 5 nitrogen and oxygen atoms in total. The van der Waals surface area contributed by atoms with Crippen molar-refractivity contribution in [2.75, 3.05) is 17.2 Å². The van der Waals surface area contributed by atoms with Gasteiger partial charge in [0.15, 0.2) is 0 Å². The molecule has 0 bridgehead atoms. The number of hydrogen-bond donors (Lipinski definition) is 2. The number of halogens is 2. The second-order valence-corrected chi connectivity index (χ2v) is 8.01. The Bertz CT molecular complexity index is 1290. The summed E-state index contributed by atoms with van der Waals surface area (Å²) < 4.78 is 5.88. The monoisotopic (exact) mass is 465 g/mol. The Morgan fingerprint density at radius 2 is 1.78 bits per heavy atom. The third kappa shape index (κ3) is 4.79. The summed E-state index contributed by atoms with van der Waals surface area (Å²) in [6, 6.07) is 19.9. The van der Waals surface area contributed by atoms with Gasteiger partial charge in [0.05, 0.1) is 17.8 Å². The molecule has 7 heteroatoms. The molecule has 0 aliphatic heterocycles. The highest BCUT2D eigenvalue weighted by molar-refractivity contribution is 6.31. The number of fused-ring (bicyclic) bond motifs is 1. The molecule has 0 aliphatic carbocycles. The summed E-state index contributed by atoms with van der Waals surface area (Å²) in [5, 5.41) is 7.76. The number of rotatable bonds is 5. The van der Waals surface area contributed by atoms with E-state index in [1.807, 2.05) is 56.3 Å². The standard InChI is InChI=1S/C25H21Cl2N3O2/c1-3-32-24-14-23(16-7-9-17(26)10-8-16)29-22-12-11-18(13-19(22)24)28-25(31)30-21-6-4-5-20(27)15(21)2/h4-14H,3H2,1-2H3,(H2,28,30,31). The molecule has 0 spiro atoms. The van der Waals surface area contributed by atoms with Crippen molar-refractivity contribution >= 4 is 51.5 Å². The summed E-state index contributed by atoms with van der Waals surface area (Å²) in [5.41, 5.74) is 4.57. The highest BCUT2D eigenvalue weighted by Gasteiger charge is 2.12. The molecule has 0 fully saturated rings. The molecule has 2 N–H and O–H groups in total. The zero-order valence-corrected chi connectivity index (χ0v) is 19.1. The van der Waals surface area contributed by atoms with E-state index in [9.17, 15) is 4.79 Å². The minimum atomic E-state index is -0.363. The summed E-state index contributed by atoms with van der Waals surface area (Å²) in [7, 11) is 0. The van der Waals surface area contributed by atoms with Crippen molar-refractivity contribution in [2.45, 2.75) is 13.8 Å². The molecule has 0 atom stereocenters. The molecule has 0 saturated carbocycles. The molecule has 32 heavy (non-hydrogen) atoms. The van der Waals surface area contributed by atoms with Crippen LogP contribution in [0.15, 0.2) is 66.7 Å². The predicted molar refractivity (Wildman–Crippen MR) is 132 cm³/mol. The summed E-state index contributed by atoms with van der Waals surface area (Å²) in [5.74, 6) is 0.692. The van der Waals surface area contributed by atoms with E-state index in [0.717, 1.165) is 27.7 Å². The number of ether oxygens (including phenoxy) is 1. The van der Waals surface area contributed by atoms with E-state index in [4.69, 9.17) is 32.9 Å². The van der Waals surface area contributed by atoms with Crippen molar-refractivity contribution in [3.05, 3.63) is 82.3 Å².